The largest absolute Gasteiger partial charge is 0.388 e. The summed E-state index contributed by atoms with van der Waals surface area (Å²) < 4.78 is 1.90. The van der Waals surface area contributed by atoms with E-state index in [1.54, 1.807) is 0 Å². The number of aryl methyl sites for hydroxylation is 2. The van der Waals surface area contributed by atoms with Crippen molar-refractivity contribution in [1.82, 2.24) is 9.78 Å². The molecule has 5 heteroatoms. The predicted molar refractivity (Wildman–Crippen MR) is 82.0 cm³/mol. The zero-order chi connectivity index (χ0) is 14.5. The van der Waals surface area contributed by atoms with E-state index in [1.807, 2.05) is 36.9 Å². The van der Waals surface area contributed by atoms with Gasteiger partial charge in [-0.3, -0.25) is 10.1 Å². The minimum absolute atomic E-state index is 0.215. The molecular formula is C15H21N5. The van der Waals surface area contributed by atoms with E-state index in [1.165, 1.54) is 0 Å². The van der Waals surface area contributed by atoms with Crippen molar-refractivity contribution in [1.29, 1.82) is 5.41 Å². The quantitative estimate of drug-likeness (QED) is 0.624. The van der Waals surface area contributed by atoms with E-state index in [0.717, 1.165) is 30.2 Å². The maximum absolute atomic E-state index is 7.41. The monoisotopic (exact) mass is 271 g/mol. The Morgan fingerprint density at radius 1 is 1.35 bits per heavy atom. The Kier molecular flexibility index (Phi) is 4.40. The van der Waals surface area contributed by atoms with Crippen molar-refractivity contribution in [3.8, 4) is 0 Å². The molecule has 0 radical (unpaired) electrons. The fourth-order valence-corrected chi connectivity index (χ4v) is 2.20. The van der Waals surface area contributed by atoms with Gasteiger partial charge in [0.15, 0.2) is 0 Å². The van der Waals surface area contributed by atoms with E-state index >= 15 is 0 Å². The van der Waals surface area contributed by atoms with E-state index < -0.39 is 0 Å². The van der Waals surface area contributed by atoms with E-state index in [9.17, 15) is 0 Å². The molecule has 0 saturated heterocycles. The average molecular weight is 271 g/mol. The molecule has 1 aromatic carbocycles. The van der Waals surface area contributed by atoms with Crippen LogP contribution < -0.4 is 10.6 Å². The van der Waals surface area contributed by atoms with Crippen LogP contribution in [0.15, 0.2) is 36.4 Å². The lowest BCUT2D eigenvalue weighted by molar-refractivity contribution is 0.677. The third-order valence-electron chi connectivity index (χ3n) is 3.22. The van der Waals surface area contributed by atoms with Gasteiger partial charge in [0.25, 0.3) is 0 Å². The summed E-state index contributed by atoms with van der Waals surface area (Å²) in [4.78, 5) is 2.22. The molecule has 0 fully saturated rings. The second kappa shape index (κ2) is 6.23. The van der Waals surface area contributed by atoms with Gasteiger partial charge in [-0.15, -0.1) is 0 Å². The molecule has 1 heterocycles. The van der Waals surface area contributed by atoms with Gasteiger partial charge in [-0.1, -0.05) is 18.2 Å². The Labute approximate surface area is 119 Å². The lowest BCUT2D eigenvalue weighted by Crippen LogP contribution is -2.28. The highest BCUT2D eigenvalue weighted by molar-refractivity contribution is 5.77. The molecule has 0 saturated carbocycles. The minimum Gasteiger partial charge on any atom is -0.388 e. The number of amidine groups is 1. The molecule has 0 bridgehead atoms. The summed E-state index contributed by atoms with van der Waals surface area (Å²) in [7, 11) is 1.95. The first-order valence-corrected chi connectivity index (χ1v) is 6.68. The first-order chi connectivity index (χ1) is 9.56. The number of benzene rings is 1. The molecule has 106 valence electrons. The van der Waals surface area contributed by atoms with Crippen LogP contribution in [-0.2, 0) is 13.6 Å². The van der Waals surface area contributed by atoms with Crippen LogP contribution in [0.1, 0.15) is 17.8 Å². The summed E-state index contributed by atoms with van der Waals surface area (Å²) in [5, 5.41) is 11.8. The minimum atomic E-state index is 0.215. The van der Waals surface area contributed by atoms with Gasteiger partial charge in [-0.2, -0.15) is 5.10 Å². The van der Waals surface area contributed by atoms with Gasteiger partial charge >= 0.3 is 0 Å². The maximum atomic E-state index is 7.41. The van der Waals surface area contributed by atoms with Crippen LogP contribution in [0.2, 0.25) is 0 Å². The van der Waals surface area contributed by atoms with Gasteiger partial charge in [-0.25, -0.2) is 0 Å². The van der Waals surface area contributed by atoms with Gasteiger partial charge in [0.05, 0.1) is 23.8 Å². The molecule has 0 atom stereocenters. The SMILES string of the molecule is Cc1cc(CN(CCC(=N)N)c2ccccc2)n(C)n1. The Hall–Kier alpha value is -2.30. The third-order valence-corrected chi connectivity index (χ3v) is 3.22. The summed E-state index contributed by atoms with van der Waals surface area (Å²) in [6.07, 6.45) is 0.561. The van der Waals surface area contributed by atoms with Gasteiger partial charge in [-0.05, 0) is 25.1 Å². The zero-order valence-electron chi connectivity index (χ0n) is 12.0. The van der Waals surface area contributed by atoms with E-state index in [0.29, 0.717) is 6.42 Å². The number of hydrogen-bond acceptors (Lipinski definition) is 3. The highest BCUT2D eigenvalue weighted by Gasteiger charge is 2.11. The number of para-hydroxylation sites is 1. The molecule has 5 nitrogen and oxygen atoms in total. The number of nitrogens with two attached hydrogens (primary N) is 1. The van der Waals surface area contributed by atoms with Crippen LogP contribution in [0.5, 0.6) is 0 Å². The molecule has 0 amide bonds. The molecule has 20 heavy (non-hydrogen) atoms. The second-order valence-corrected chi connectivity index (χ2v) is 4.93. The molecule has 1 aromatic heterocycles. The third kappa shape index (κ3) is 3.60. The fraction of sp³-hybridized carbons (Fsp3) is 0.333. The molecule has 0 spiro atoms. The topological polar surface area (TPSA) is 70.9 Å². The normalized spacial score (nSPS) is 10.5. The fourth-order valence-electron chi connectivity index (χ4n) is 2.20. The van der Waals surface area contributed by atoms with Crippen LogP contribution in [0.4, 0.5) is 5.69 Å². The van der Waals surface area contributed by atoms with E-state index in [-0.39, 0.29) is 5.84 Å². The Bertz CT molecular complexity index is 573. The molecule has 0 unspecified atom stereocenters. The average Bonchev–Trinajstić information content (AvgIpc) is 2.73. The van der Waals surface area contributed by atoms with Crippen molar-refractivity contribution in [3.05, 3.63) is 47.8 Å². The molecule has 0 aliphatic heterocycles. The first-order valence-electron chi connectivity index (χ1n) is 6.68. The number of nitrogens with zero attached hydrogens (tertiary/aromatic N) is 3. The van der Waals surface area contributed by atoms with Crippen LogP contribution in [0, 0.1) is 12.3 Å². The second-order valence-electron chi connectivity index (χ2n) is 4.93. The molecule has 3 N–H and O–H groups in total. The van der Waals surface area contributed by atoms with Gasteiger partial charge < -0.3 is 10.6 Å². The number of anilines is 1. The lowest BCUT2D eigenvalue weighted by Gasteiger charge is -2.24. The summed E-state index contributed by atoms with van der Waals surface area (Å²) in [6.45, 7) is 3.48. The van der Waals surface area contributed by atoms with Crippen LogP contribution >= 0.6 is 0 Å². The number of aromatic nitrogens is 2. The molecule has 0 aliphatic carbocycles. The maximum Gasteiger partial charge on any atom is 0.0923 e. The van der Waals surface area contributed by atoms with Crippen molar-refractivity contribution < 1.29 is 0 Å². The van der Waals surface area contributed by atoms with Crippen LogP contribution in [0.25, 0.3) is 0 Å². The first kappa shape index (κ1) is 14.1. The van der Waals surface area contributed by atoms with Crippen molar-refractivity contribution in [2.24, 2.45) is 12.8 Å². The Morgan fingerprint density at radius 2 is 2.05 bits per heavy atom. The standard InChI is InChI=1S/C15H21N5/c1-12-10-14(19(2)18-12)11-20(9-8-15(16)17)13-6-4-3-5-7-13/h3-7,10H,8-9,11H2,1-2H3,(H3,16,17). The Morgan fingerprint density at radius 3 is 2.60 bits per heavy atom. The summed E-state index contributed by atoms with van der Waals surface area (Å²) in [5.74, 6) is 0.215. The molecular weight excluding hydrogens is 250 g/mol. The smallest absolute Gasteiger partial charge is 0.0923 e. The number of nitrogens with one attached hydrogen (secondary N) is 1. The van der Waals surface area contributed by atoms with Crippen LogP contribution in [-0.4, -0.2) is 22.2 Å². The predicted octanol–water partition coefficient (Wildman–Crippen LogP) is 2.06. The van der Waals surface area contributed by atoms with Gasteiger partial charge in [0.2, 0.25) is 0 Å². The van der Waals surface area contributed by atoms with Gasteiger partial charge in [0, 0.05) is 25.7 Å². The van der Waals surface area contributed by atoms with Crippen molar-refractivity contribution in [2.45, 2.75) is 19.9 Å². The molecule has 0 aliphatic rings. The number of hydrogen-bond donors (Lipinski definition) is 2. The van der Waals surface area contributed by atoms with Crippen molar-refractivity contribution >= 4 is 11.5 Å². The Balaban J connectivity index is 2.18. The van der Waals surface area contributed by atoms with E-state index in [2.05, 4.69) is 28.2 Å². The van der Waals surface area contributed by atoms with Gasteiger partial charge in [0.1, 0.15) is 0 Å². The number of rotatable bonds is 6. The van der Waals surface area contributed by atoms with Crippen molar-refractivity contribution in [2.75, 3.05) is 11.4 Å². The molecule has 2 aromatic rings. The highest BCUT2D eigenvalue weighted by Crippen LogP contribution is 2.17. The summed E-state index contributed by atoms with van der Waals surface area (Å²) >= 11 is 0. The van der Waals surface area contributed by atoms with E-state index in [4.69, 9.17) is 11.1 Å². The highest BCUT2D eigenvalue weighted by atomic mass is 15.3. The molecule has 2 rings (SSSR count). The van der Waals surface area contributed by atoms with Crippen molar-refractivity contribution in [3.63, 3.8) is 0 Å². The van der Waals surface area contributed by atoms with Crippen LogP contribution in [0.3, 0.4) is 0 Å². The summed E-state index contributed by atoms with van der Waals surface area (Å²) in [6, 6.07) is 12.3. The zero-order valence-corrected chi connectivity index (χ0v) is 12.0. The lowest BCUT2D eigenvalue weighted by atomic mass is 10.2. The summed E-state index contributed by atoms with van der Waals surface area (Å²) in [5.41, 5.74) is 8.78.